The average molecular weight is 305 g/mol. The van der Waals surface area contributed by atoms with Gasteiger partial charge in [0.2, 0.25) is 5.89 Å². The van der Waals surface area contributed by atoms with Crippen LogP contribution in [0.3, 0.4) is 0 Å². The Morgan fingerprint density at radius 3 is 2.62 bits per heavy atom. The molecular weight excluding hydrogens is 295 g/mol. The van der Waals surface area contributed by atoms with Crippen molar-refractivity contribution in [2.75, 3.05) is 0 Å². The first-order valence-corrected chi connectivity index (χ1v) is 6.56. The number of benzene rings is 2. The van der Waals surface area contributed by atoms with E-state index < -0.39 is 5.82 Å². The molecule has 0 fully saturated rings. The zero-order valence-electron chi connectivity index (χ0n) is 10.8. The minimum absolute atomic E-state index is 0.0155. The van der Waals surface area contributed by atoms with Crippen molar-refractivity contribution in [1.29, 1.82) is 0 Å². The molecule has 0 bridgehead atoms. The number of hydrogen-bond acceptors (Lipinski definition) is 4. The molecule has 0 atom stereocenters. The van der Waals surface area contributed by atoms with Gasteiger partial charge in [-0.15, -0.1) is 10.2 Å². The van der Waals surface area contributed by atoms with Gasteiger partial charge in [-0.3, -0.25) is 0 Å². The molecule has 21 heavy (non-hydrogen) atoms. The lowest BCUT2D eigenvalue weighted by Gasteiger charge is -2.03. The number of aromatic nitrogens is 2. The van der Waals surface area contributed by atoms with E-state index in [0.29, 0.717) is 16.5 Å². The number of nitrogens with zero attached hydrogens (tertiary/aromatic N) is 2. The molecule has 0 spiro atoms. The van der Waals surface area contributed by atoms with Crippen LogP contribution in [0.25, 0.3) is 11.5 Å². The SMILES string of the molecule is Fc1ccccc1OCc1nnc(-c2ccccc2Cl)o1. The lowest BCUT2D eigenvalue weighted by atomic mass is 10.2. The topological polar surface area (TPSA) is 48.2 Å². The lowest BCUT2D eigenvalue weighted by molar-refractivity contribution is 0.253. The third kappa shape index (κ3) is 3.03. The molecule has 0 radical (unpaired) electrons. The number of hydrogen-bond donors (Lipinski definition) is 0. The van der Waals surface area contributed by atoms with E-state index in [9.17, 15) is 4.39 Å². The molecule has 1 aromatic heterocycles. The van der Waals surface area contributed by atoms with Crippen LogP contribution in [0.1, 0.15) is 5.89 Å². The Labute approximate surface area is 125 Å². The highest BCUT2D eigenvalue weighted by Crippen LogP contribution is 2.26. The highest BCUT2D eigenvalue weighted by molar-refractivity contribution is 6.33. The predicted octanol–water partition coefficient (Wildman–Crippen LogP) is 4.11. The van der Waals surface area contributed by atoms with E-state index >= 15 is 0 Å². The van der Waals surface area contributed by atoms with Crippen molar-refractivity contribution in [3.63, 3.8) is 0 Å². The van der Waals surface area contributed by atoms with Gasteiger partial charge >= 0.3 is 0 Å². The van der Waals surface area contributed by atoms with Gasteiger partial charge in [-0.25, -0.2) is 4.39 Å². The van der Waals surface area contributed by atoms with Crippen molar-refractivity contribution in [3.05, 3.63) is 65.3 Å². The third-order valence-corrected chi connectivity index (χ3v) is 3.09. The minimum atomic E-state index is -0.441. The molecule has 0 aliphatic rings. The summed E-state index contributed by atoms with van der Waals surface area (Å²) < 4.78 is 24.2. The smallest absolute Gasteiger partial charge is 0.254 e. The molecule has 106 valence electrons. The predicted molar refractivity (Wildman–Crippen MR) is 75.5 cm³/mol. The van der Waals surface area contributed by atoms with Gasteiger partial charge in [-0.2, -0.15) is 0 Å². The molecule has 0 aliphatic heterocycles. The van der Waals surface area contributed by atoms with Gasteiger partial charge in [0.15, 0.2) is 18.2 Å². The highest BCUT2D eigenvalue weighted by Gasteiger charge is 2.12. The summed E-state index contributed by atoms with van der Waals surface area (Å²) in [5.74, 6) is 0.235. The van der Waals surface area contributed by atoms with Gasteiger partial charge in [-0.05, 0) is 24.3 Å². The molecule has 0 amide bonds. The second kappa shape index (κ2) is 5.93. The fourth-order valence-corrected chi connectivity index (χ4v) is 1.97. The van der Waals surface area contributed by atoms with Gasteiger partial charge in [-0.1, -0.05) is 35.9 Å². The summed E-state index contributed by atoms with van der Waals surface area (Å²) in [7, 11) is 0. The van der Waals surface area contributed by atoms with Crippen molar-refractivity contribution in [3.8, 4) is 17.2 Å². The Kier molecular flexibility index (Phi) is 3.83. The molecular formula is C15H10ClFN2O2. The first kappa shape index (κ1) is 13.6. The maximum Gasteiger partial charge on any atom is 0.254 e. The van der Waals surface area contributed by atoms with Gasteiger partial charge in [0.1, 0.15) is 0 Å². The third-order valence-electron chi connectivity index (χ3n) is 2.76. The van der Waals surface area contributed by atoms with Crippen LogP contribution in [0.15, 0.2) is 52.9 Å². The zero-order valence-corrected chi connectivity index (χ0v) is 11.5. The summed E-state index contributed by atoms with van der Waals surface area (Å²) >= 11 is 6.05. The molecule has 1 heterocycles. The molecule has 0 saturated heterocycles. The van der Waals surface area contributed by atoms with Crippen LogP contribution in [0.4, 0.5) is 4.39 Å². The average Bonchev–Trinajstić information content (AvgIpc) is 2.96. The summed E-state index contributed by atoms with van der Waals surface area (Å²) in [5, 5.41) is 8.28. The molecule has 4 nitrogen and oxygen atoms in total. The van der Waals surface area contributed by atoms with Crippen molar-refractivity contribution < 1.29 is 13.5 Å². The van der Waals surface area contributed by atoms with Crippen molar-refractivity contribution in [2.45, 2.75) is 6.61 Å². The van der Waals surface area contributed by atoms with E-state index in [2.05, 4.69) is 10.2 Å². The summed E-state index contributed by atoms with van der Waals surface area (Å²) in [5.41, 5.74) is 0.642. The van der Waals surface area contributed by atoms with Crippen LogP contribution < -0.4 is 4.74 Å². The van der Waals surface area contributed by atoms with Crippen LogP contribution >= 0.6 is 11.6 Å². The number of para-hydroxylation sites is 1. The van der Waals surface area contributed by atoms with E-state index in [4.69, 9.17) is 20.8 Å². The number of halogens is 2. The Balaban J connectivity index is 1.74. The van der Waals surface area contributed by atoms with E-state index in [-0.39, 0.29) is 18.2 Å². The molecule has 6 heteroatoms. The Hall–Kier alpha value is -2.40. The van der Waals surface area contributed by atoms with Crippen LogP contribution in [0, 0.1) is 5.82 Å². The molecule has 0 aliphatic carbocycles. The van der Waals surface area contributed by atoms with E-state index in [1.807, 2.05) is 12.1 Å². The second-order valence-electron chi connectivity index (χ2n) is 4.20. The first-order valence-electron chi connectivity index (χ1n) is 6.18. The van der Waals surface area contributed by atoms with Crippen molar-refractivity contribution in [2.24, 2.45) is 0 Å². The van der Waals surface area contributed by atoms with E-state index in [1.54, 1.807) is 24.3 Å². The van der Waals surface area contributed by atoms with Crippen molar-refractivity contribution in [1.82, 2.24) is 10.2 Å². The van der Waals surface area contributed by atoms with Crippen molar-refractivity contribution >= 4 is 11.6 Å². The molecule has 0 N–H and O–H groups in total. The maximum absolute atomic E-state index is 13.4. The maximum atomic E-state index is 13.4. The monoisotopic (exact) mass is 304 g/mol. The Bertz CT molecular complexity index is 761. The molecule has 0 saturated carbocycles. The van der Waals surface area contributed by atoms with Gasteiger partial charge < -0.3 is 9.15 Å². The normalized spacial score (nSPS) is 10.6. The fraction of sp³-hybridized carbons (Fsp3) is 0.0667. The van der Waals surface area contributed by atoms with Crippen LogP contribution in [0.5, 0.6) is 5.75 Å². The molecule has 2 aromatic carbocycles. The summed E-state index contributed by atoms with van der Waals surface area (Å²) in [4.78, 5) is 0. The second-order valence-corrected chi connectivity index (χ2v) is 4.61. The number of rotatable bonds is 4. The number of ether oxygens (including phenoxy) is 1. The van der Waals surface area contributed by atoms with Crippen LogP contribution in [-0.2, 0) is 6.61 Å². The Morgan fingerprint density at radius 1 is 1.05 bits per heavy atom. The van der Waals surface area contributed by atoms with E-state index in [0.717, 1.165) is 0 Å². The van der Waals surface area contributed by atoms with Gasteiger partial charge in [0.05, 0.1) is 10.6 Å². The first-order chi connectivity index (χ1) is 10.2. The van der Waals surface area contributed by atoms with E-state index in [1.165, 1.54) is 12.1 Å². The van der Waals surface area contributed by atoms with Gasteiger partial charge in [0, 0.05) is 0 Å². The summed E-state index contributed by atoms with van der Waals surface area (Å²) in [6.45, 7) is -0.0155. The fourth-order valence-electron chi connectivity index (χ4n) is 1.76. The Morgan fingerprint density at radius 2 is 1.81 bits per heavy atom. The molecule has 3 aromatic rings. The largest absolute Gasteiger partial charge is 0.481 e. The van der Waals surface area contributed by atoms with Crippen LogP contribution in [0.2, 0.25) is 5.02 Å². The quantitative estimate of drug-likeness (QED) is 0.728. The molecule has 0 unspecified atom stereocenters. The standard InChI is InChI=1S/C15H10ClFN2O2/c16-11-6-2-1-5-10(11)15-19-18-14(21-15)9-20-13-8-4-3-7-12(13)17/h1-8H,9H2. The van der Waals surface area contributed by atoms with Crippen LogP contribution in [-0.4, -0.2) is 10.2 Å². The lowest BCUT2D eigenvalue weighted by Crippen LogP contribution is -1.97. The molecule has 3 rings (SSSR count). The minimum Gasteiger partial charge on any atom is -0.481 e. The summed E-state index contributed by atoms with van der Waals surface area (Å²) in [6, 6.07) is 13.3. The summed E-state index contributed by atoms with van der Waals surface area (Å²) in [6.07, 6.45) is 0. The van der Waals surface area contributed by atoms with Gasteiger partial charge in [0.25, 0.3) is 5.89 Å². The zero-order chi connectivity index (χ0) is 14.7. The highest BCUT2D eigenvalue weighted by atomic mass is 35.5.